The van der Waals surface area contributed by atoms with Crippen LogP contribution in [-0.4, -0.2) is 0 Å². The summed E-state index contributed by atoms with van der Waals surface area (Å²) >= 11 is 10.0. The lowest BCUT2D eigenvalue weighted by molar-refractivity contribution is 0.318. The molecule has 1 aromatic rings. The Morgan fingerprint density at radius 3 is 2.10 bits per heavy atom. The van der Waals surface area contributed by atoms with E-state index in [1.165, 1.54) is 37.7 Å². The van der Waals surface area contributed by atoms with Gasteiger partial charge in [-0.1, -0.05) is 51.2 Å². The lowest BCUT2D eigenvalue weighted by atomic mass is 10.1. The number of phosphoric acid groups is 1. The molecule has 0 amide bonds. The van der Waals surface area contributed by atoms with Crippen molar-refractivity contribution in [3.05, 3.63) is 29.8 Å². The van der Waals surface area contributed by atoms with Crippen molar-refractivity contribution < 1.29 is 17.2 Å². The van der Waals surface area contributed by atoms with Gasteiger partial charge >= 0.3 is 7.82 Å². The number of rotatable bonds is 11. The van der Waals surface area contributed by atoms with Crippen molar-refractivity contribution in [2.24, 2.45) is 0 Å². The fourth-order valence-electron chi connectivity index (χ4n) is 1.99. The van der Waals surface area contributed by atoms with Gasteiger partial charge in [-0.25, -0.2) is 4.57 Å². The van der Waals surface area contributed by atoms with Crippen LogP contribution in [0.25, 0.3) is 0 Å². The summed E-state index contributed by atoms with van der Waals surface area (Å²) in [6, 6.07) is 7.19. The van der Waals surface area contributed by atoms with Crippen LogP contribution in [0.2, 0.25) is 0 Å². The first kappa shape index (κ1) is 18.8. The van der Waals surface area contributed by atoms with Gasteiger partial charge in [0.25, 0.3) is 0 Å². The second kappa shape index (κ2) is 10.5. The van der Waals surface area contributed by atoms with Gasteiger partial charge in [-0.15, -0.1) is 0 Å². The summed E-state index contributed by atoms with van der Waals surface area (Å²) in [5.74, 6) is 0.325. The Balaban J connectivity index is 2.35. The van der Waals surface area contributed by atoms with Crippen molar-refractivity contribution in [1.29, 1.82) is 0 Å². The van der Waals surface area contributed by atoms with Crippen LogP contribution >= 0.6 is 31.6 Å². The first-order valence-electron chi connectivity index (χ1n) is 7.13. The van der Waals surface area contributed by atoms with E-state index in [4.69, 9.17) is 28.3 Å². The number of aryl methyl sites for hydroxylation is 1. The maximum absolute atomic E-state index is 11.6. The smallest absolute Gasteiger partial charge is 0.402 e. The van der Waals surface area contributed by atoms with Gasteiger partial charge in [-0.05, 0) is 30.5 Å². The van der Waals surface area contributed by atoms with Crippen LogP contribution in [0.3, 0.4) is 0 Å². The fourth-order valence-corrected chi connectivity index (χ4v) is 2.88. The fraction of sp³-hybridized carbons (Fsp3) is 0.571. The molecule has 1 rings (SSSR count). The minimum Gasteiger partial charge on any atom is -0.402 e. The molecule has 0 aliphatic rings. The molecule has 0 aromatic heterocycles. The van der Waals surface area contributed by atoms with Crippen LogP contribution in [0.4, 0.5) is 0 Å². The highest BCUT2D eigenvalue weighted by atomic mass is 35.5. The molecule has 4 nitrogen and oxygen atoms in total. The van der Waals surface area contributed by atoms with Crippen molar-refractivity contribution in [2.45, 2.75) is 51.9 Å². The minimum absolute atomic E-state index is 0.325. The number of halogens is 2. The molecule has 21 heavy (non-hydrogen) atoms. The van der Waals surface area contributed by atoms with Gasteiger partial charge in [0.15, 0.2) is 0 Å². The van der Waals surface area contributed by atoms with Gasteiger partial charge in [0.1, 0.15) is 5.75 Å². The SMILES string of the molecule is CCCCCCCCc1ccc(OP(=O)(OCl)OCl)cc1. The summed E-state index contributed by atoms with van der Waals surface area (Å²) < 4.78 is 24.7. The Morgan fingerprint density at radius 1 is 0.952 bits per heavy atom. The van der Waals surface area contributed by atoms with E-state index in [2.05, 4.69) is 15.1 Å². The molecule has 0 saturated carbocycles. The van der Waals surface area contributed by atoms with Gasteiger partial charge in [-0.2, -0.15) is 8.15 Å². The summed E-state index contributed by atoms with van der Waals surface area (Å²) in [4.78, 5) is 0. The third-order valence-corrected chi connectivity index (χ3v) is 4.92. The highest BCUT2D eigenvalue weighted by Gasteiger charge is 2.28. The topological polar surface area (TPSA) is 44.8 Å². The van der Waals surface area contributed by atoms with E-state index in [1.54, 1.807) is 12.1 Å². The first-order chi connectivity index (χ1) is 10.1. The standard InChI is InChI=1S/C14H21Cl2O4P/c1-2-3-4-5-6-7-8-13-9-11-14(12-10-13)18-21(17,19-15)20-16/h9-12H,2-8H2,1H3. The zero-order valence-corrected chi connectivity index (χ0v) is 14.5. The minimum atomic E-state index is -3.92. The average Bonchev–Trinajstić information content (AvgIpc) is 2.52. The molecule has 0 fully saturated rings. The largest absolute Gasteiger partial charge is 0.563 e. The predicted molar refractivity (Wildman–Crippen MR) is 85.6 cm³/mol. The lowest BCUT2D eigenvalue weighted by Crippen LogP contribution is -1.93. The van der Waals surface area contributed by atoms with E-state index in [9.17, 15) is 4.57 Å². The van der Waals surface area contributed by atoms with E-state index in [0.29, 0.717) is 5.75 Å². The van der Waals surface area contributed by atoms with Crippen molar-refractivity contribution in [1.82, 2.24) is 0 Å². The molecule has 0 N–H and O–H groups in total. The van der Waals surface area contributed by atoms with Crippen molar-refractivity contribution in [3.63, 3.8) is 0 Å². The van der Waals surface area contributed by atoms with Gasteiger partial charge in [0.05, 0.1) is 23.7 Å². The average molecular weight is 355 g/mol. The molecule has 0 heterocycles. The van der Waals surface area contributed by atoms with Crippen molar-refractivity contribution >= 4 is 31.6 Å². The Labute approximate surface area is 136 Å². The van der Waals surface area contributed by atoms with Crippen LogP contribution in [-0.2, 0) is 19.1 Å². The van der Waals surface area contributed by atoms with Crippen LogP contribution in [0.15, 0.2) is 24.3 Å². The third kappa shape index (κ3) is 7.53. The molecule has 0 unspecified atom stereocenters. The molecule has 0 aliphatic carbocycles. The van der Waals surface area contributed by atoms with Gasteiger partial charge in [0.2, 0.25) is 0 Å². The second-order valence-corrected chi connectivity index (χ2v) is 7.02. The van der Waals surface area contributed by atoms with E-state index in [1.807, 2.05) is 12.1 Å². The zero-order chi connectivity index (χ0) is 15.6. The molecular formula is C14H21Cl2O4P. The summed E-state index contributed by atoms with van der Waals surface area (Å²) in [6.07, 6.45) is 8.61. The maximum atomic E-state index is 11.6. The van der Waals surface area contributed by atoms with E-state index >= 15 is 0 Å². The zero-order valence-electron chi connectivity index (χ0n) is 12.1. The molecule has 0 saturated heterocycles. The molecule has 0 aliphatic heterocycles. The van der Waals surface area contributed by atoms with Gasteiger partial charge in [-0.3, -0.25) is 0 Å². The van der Waals surface area contributed by atoms with E-state index < -0.39 is 7.82 Å². The summed E-state index contributed by atoms with van der Waals surface area (Å²) in [6.45, 7) is 2.22. The lowest BCUT2D eigenvalue weighted by Gasteiger charge is -2.11. The van der Waals surface area contributed by atoms with Gasteiger partial charge in [0, 0.05) is 0 Å². The van der Waals surface area contributed by atoms with Crippen molar-refractivity contribution in [3.8, 4) is 5.75 Å². The Morgan fingerprint density at radius 2 is 1.52 bits per heavy atom. The normalized spacial score (nSPS) is 11.6. The van der Waals surface area contributed by atoms with Crippen molar-refractivity contribution in [2.75, 3.05) is 0 Å². The predicted octanol–water partition coefficient (Wildman–Crippen LogP) is 6.42. The Bertz CT molecular complexity index is 431. The maximum Gasteiger partial charge on any atom is 0.563 e. The molecule has 0 radical (unpaired) electrons. The second-order valence-electron chi connectivity index (χ2n) is 4.84. The van der Waals surface area contributed by atoms with Crippen LogP contribution < -0.4 is 4.52 Å². The number of hydrogen-bond acceptors (Lipinski definition) is 4. The summed E-state index contributed by atoms with van der Waals surface area (Å²) in [5, 5.41) is 0. The quantitative estimate of drug-likeness (QED) is 0.339. The first-order valence-corrected chi connectivity index (χ1v) is 9.20. The highest BCUT2D eigenvalue weighted by Crippen LogP contribution is 2.51. The molecule has 7 heteroatoms. The van der Waals surface area contributed by atoms with Crippen LogP contribution in [0.5, 0.6) is 5.75 Å². The van der Waals surface area contributed by atoms with Crippen LogP contribution in [0.1, 0.15) is 51.0 Å². The molecule has 0 bridgehead atoms. The van der Waals surface area contributed by atoms with E-state index in [-0.39, 0.29) is 0 Å². The van der Waals surface area contributed by atoms with Crippen LogP contribution in [0, 0.1) is 0 Å². The number of hydrogen-bond donors (Lipinski definition) is 0. The summed E-state index contributed by atoms with van der Waals surface area (Å²) in [7, 11) is -3.92. The molecule has 0 atom stereocenters. The summed E-state index contributed by atoms with van der Waals surface area (Å²) in [5.41, 5.74) is 1.20. The highest BCUT2D eigenvalue weighted by molar-refractivity contribution is 7.50. The van der Waals surface area contributed by atoms with E-state index in [0.717, 1.165) is 12.8 Å². The molecular weight excluding hydrogens is 334 g/mol. The van der Waals surface area contributed by atoms with Gasteiger partial charge < -0.3 is 4.52 Å². The Hall–Kier alpha value is -0.250. The Kier molecular flexibility index (Phi) is 9.37. The monoisotopic (exact) mass is 354 g/mol. The molecule has 1 aromatic carbocycles. The molecule has 120 valence electrons. The third-order valence-electron chi connectivity index (χ3n) is 3.13. The number of benzene rings is 1. The molecule has 0 spiro atoms. The number of unbranched alkanes of at least 4 members (excludes halogenated alkanes) is 5.